The van der Waals surface area contributed by atoms with E-state index in [0.717, 1.165) is 48.8 Å². The molecule has 1 atom stereocenters. The van der Waals surface area contributed by atoms with Crippen molar-refractivity contribution in [3.05, 3.63) is 34.2 Å². The highest BCUT2D eigenvalue weighted by Gasteiger charge is 2.27. The molecule has 4 heterocycles. The van der Waals surface area contributed by atoms with Gasteiger partial charge in [-0.05, 0) is 51.0 Å². The third-order valence-corrected chi connectivity index (χ3v) is 7.12. The molecule has 0 spiro atoms. The number of nitrogens with zero attached hydrogens (tertiary/aromatic N) is 5. The molecule has 3 aromatic heterocycles. The molecule has 1 N–H and O–H groups in total. The van der Waals surface area contributed by atoms with Crippen molar-refractivity contribution in [2.45, 2.75) is 51.5 Å². The minimum atomic E-state index is -0.0538. The summed E-state index contributed by atoms with van der Waals surface area (Å²) in [5, 5.41) is 8.55. The van der Waals surface area contributed by atoms with Crippen molar-refractivity contribution >= 4 is 33.3 Å². The first-order chi connectivity index (χ1) is 14.1. The Kier molecular flexibility index (Phi) is 4.73. The van der Waals surface area contributed by atoms with Crippen LogP contribution in [0, 0.1) is 6.92 Å². The van der Waals surface area contributed by atoms with Gasteiger partial charge in [-0.2, -0.15) is 5.10 Å². The molecule has 29 heavy (non-hydrogen) atoms. The lowest BCUT2D eigenvalue weighted by atomic mass is 9.96. The van der Waals surface area contributed by atoms with E-state index < -0.39 is 0 Å². The Morgan fingerprint density at radius 2 is 2.10 bits per heavy atom. The van der Waals surface area contributed by atoms with Crippen molar-refractivity contribution in [1.82, 2.24) is 25.1 Å². The van der Waals surface area contributed by atoms with E-state index >= 15 is 0 Å². The molecule has 5 rings (SSSR count). The van der Waals surface area contributed by atoms with Crippen LogP contribution in [0.1, 0.15) is 52.3 Å². The van der Waals surface area contributed by atoms with Gasteiger partial charge in [-0.3, -0.25) is 9.48 Å². The standard InChI is InChI=1S/C21H26N6OS/c1-13-23-19(18-16-7-3-4-8-17(16)29-21(18)24-13)27-9-5-6-15(12-27)25-20(28)14-10-22-26(2)11-14/h10-11,15H,3-9,12H2,1-2H3,(H,25,28). The van der Waals surface area contributed by atoms with E-state index in [1.807, 2.05) is 25.3 Å². The van der Waals surface area contributed by atoms with Crippen LogP contribution in [0.15, 0.2) is 12.4 Å². The zero-order chi connectivity index (χ0) is 20.0. The van der Waals surface area contributed by atoms with Crippen LogP contribution in [0.3, 0.4) is 0 Å². The molecule has 8 heteroatoms. The molecule has 2 aliphatic rings. The highest BCUT2D eigenvalue weighted by atomic mass is 32.1. The van der Waals surface area contributed by atoms with Crippen LogP contribution in [-0.4, -0.2) is 44.8 Å². The maximum Gasteiger partial charge on any atom is 0.254 e. The maximum atomic E-state index is 12.6. The summed E-state index contributed by atoms with van der Waals surface area (Å²) in [6, 6.07) is 0.108. The Morgan fingerprint density at radius 1 is 1.24 bits per heavy atom. The van der Waals surface area contributed by atoms with E-state index in [-0.39, 0.29) is 11.9 Å². The molecule has 7 nitrogen and oxygen atoms in total. The lowest BCUT2D eigenvalue weighted by Crippen LogP contribution is -2.48. The van der Waals surface area contributed by atoms with Crippen LogP contribution in [0.5, 0.6) is 0 Å². The minimum absolute atomic E-state index is 0.0538. The van der Waals surface area contributed by atoms with Crippen LogP contribution in [0.25, 0.3) is 10.2 Å². The first-order valence-electron chi connectivity index (χ1n) is 10.4. The third-order valence-electron chi connectivity index (χ3n) is 5.93. The maximum absolute atomic E-state index is 12.6. The summed E-state index contributed by atoms with van der Waals surface area (Å²) in [7, 11) is 1.82. The Balaban J connectivity index is 1.42. The van der Waals surface area contributed by atoms with Crippen molar-refractivity contribution in [3.63, 3.8) is 0 Å². The Hall–Kier alpha value is -2.48. The van der Waals surface area contributed by atoms with Gasteiger partial charge < -0.3 is 10.2 Å². The van der Waals surface area contributed by atoms with Gasteiger partial charge in [-0.15, -0.1) is 11.3 Å². The summed E-state index contributed by atoms with van der Waals surface area (Å²) in [5.41, 5.74) is 2.07. The van der Waals surface area contributed by atoms with Gasteiger partial charge in [0.15, 0.2) is 0 Å². The second-order valence-electron chi connectivity index (χ2n) is 8.15. The summed E-state index contributed by atoms with van der Waals surface area (Å²) in [4.78, 5) is 27.2. The molecule has 0 radical (unpaired) electrons. The molecule has 1 aliphatic carbocycles. The van der Waals surface area contributed by atoms with Crippen LogP contribution in [0.4, 0.5) is 5.82 Å². The van der Waals surface area contributed by atoms with E-state index in [1.165, 1.54) is 35.1 Å². The molecule has 1 saturated heterocycles. The lowest BCUT2D eigenvalue weighted by molar-refractivity contribution is 0.0933. The van der Waals surface area contributed by atoms with Crippen molar-refractivity contribution in [1.29, 1.82) is 0 Å². The van der Waals surface area contributed by atoms with Crippen LogP contribution < -0.4 is 10.2 Å². The topological polar surface area (TPSA) is 75.9 Å². The van der Waals surface area contributed by atoms with Crippen LogP contribution in [-0.2, 0) is 19.9 Å². The number of anilines is 1. The summed E-state index contributed by atoms with van der Waals surface area (Å²) in [6.45, 7) is 3.73. The van der Waals surface area contributed by atoms with Crippen molar-refractivity contribution in [2.75, 3.05) is 18.0 Å². The van der Waals surface area contributed by atoms with Crippen molar-refractivity contribution < 1.29 is 4.79 Å². The third kappa shape index (κ3) is 3.50. The zero-order valence-electron chi connectivity index (χ0n) is 16.9. The summed E-state index contributed by atoms with van der Waals surface area (Å²) < 4.78 is 1.65. The van der Waals surface area contributed by atoms with E-state index in [1.54, 1.807) is 17.1 Å². The predicted octanol–water partition coefficient (Wildman–Crippen LogP) is 3.01. The smallest absolute Gasteiger partial charge is 0.254 e. The molecule has 152 valence electrons. The number of amides is 1. The van der Waals surface area contributed by atoms with Gasteiger partial charge in [0.05, 0.1) is 17.1 Å². The highest BCUT2D eigenvalue weighted by molar-refractivity contribution is 7.19. The molecule has 0 saturated carbocycles. The fraction of sp³-hybridized carbons (Fsp3) is 0.524. The molecule has 1 unspecified atom stereocenters. The Bertz CT molecular complexity index is 1070. The number of rotatable bonds is 3. The first-order valence-corrected chi connectivity index (χ1v) is 11.2. The van der Waals surface area contributed by atoms with Crippen molar-refractivity contribution in [3.8, 4) is 0 Å². The highest BCUT2D eigenvalue weighted by Crippen LogP contribution is 2.40. The normalized spacial score (nSPS) is 19.4. The number of hydrogen-bond acceptors (Lipinski definition) is 6. The van der Waals surface area contributed by atoms with Gasteiger partial charge in [0, 0.05) is 37.3 Å². The molecule has 0 bridgehead atoms. The fourth-order valence-corrected chi connectivity index (χ4v) is 5.87. The molecular formula is C21H26N6OS. The van der Waals surface area contributed by atoms with E-state index in [9.17, 15) is 4.79 Å². The number of carbonyl (C=O) groups is 1. The molecule has 1 fully saturated rings. The Labute approximate surface area is 174 Å². The Morgan fingerprint density at radius 3 is 2.93 bits per heavy atom. The van der Waals surface area contributed by atoms with Crippen LogP contribution in [0.2, 0.25) is 0 Å². The number of carbonyl (C=O) groups excluding carboxylic acids is 1. The molecule has 1 amide bonds. The molecule has 1 aliphatic heterocycles. The van der Waals surface area contributed by atoms with Crippen molar-refractivity contribution in [2.24, 2.45) is 7.05 Å². The van der Waals surface area contributed by atoms with Gasteiger partial charge in [-0.25, -0.2) is 9.97 Å². The number of thiophene rings is 1. The van der Waals surface area contributed by atoms with E-state index in [2.05, 4.69) is 15.3 Å². The molecule has 3 aromatic rings. The predicted molar refractivity (Wildman–Crippen MR) is 115 cm³/mol. The molecular weight excluding hydrogens is 384 g/mol. The minimum Gasteiger partial charge on any atom is -0.354 e. The number of aromatic nitrogens is 4. The number of piperidine rings is 1. The summed E-state index contributed by atoms with van der Waals surface area (Å²) in [5.74, 6) is 1.83. The van der Waals surface area contributed by atoms with Gasteiger partial charge >= 0.3 is 0 Å². The second-order valence-corrected chi connectivity index (χ2v) is 9.23. The molecule has 0 aromatic carbocycles. The number of aryl methyl sites for hydroxylation is 4. The number of hydrogen-bond donors (Lipinski definition) is 1. The van der Waals surface area contributed by atoms with E-state index in [4.69, 9.17) is 9.97 Å². The number of nitrogens with one attached hydrogen (secondary N) is 1. The number of fused-ring (bicyclic) bond motifs is 3. The zero-order valence-corrected chi connectivity index (χ0v) is 17.8. The summed E-state index contributed by atoms with van der Waals surface area (Å²) >= 11 is 1.85. The largest absolute Gasteiger partial charge is 0.354 e. The van der Waals surface area contributed by atoms with Gasteiger partial charge in [0.2, 0.25) is 0 Å². The monoisotopic (exact) mass is 410 g/mol. The second kappa shape index (κ2) is 7.40. The van der Waals surface area contributed by atoms with Crippen LogP contribution >= 0.6 is 11.3 Å². The fourth-order valence-electron chi connectivity index (χ4n) is 4.57. The van der Waals surface area contributed by atoms with E-state index in [0.29, 0.717) is 5.56 Å². The first kappa shape index (κ1) is 18.5. The average molecular weight is 411 g/mol. The average Bonchev–Trinajstić information content (AvgIpc) is 3.30. The summed E-state index contributed by atoms with van der Waals surface area (Å²) in [6.07, 6.45) is 10.2. The SMILES string of the molecule is Cc1nc(N2CCCC(NC(=O)c3cnn(C)c3)C2)c2c3c(sc2n1)CCCC3. The van der Waals surface area contributed by atoms with Gasteiger partial charge in [0.1, 0.15) is 16.5 Å². The quantitative estimate of drug-likeness (QED) is 0.718. The lowest BCUT2D eigenvalue weighted by Gasteiger charge is -2.34. The van der Waals surface area contributed by atoms with Gasteiger partial charge in [-0.1, -0.05) is 0 Å². The van der Waals surface area contributed by atoms with Gasteiger partial charge in [0.25, 0.3) is 5.91 Å².